The Labute approximate surface area is 97.3 Å². The maximum absolute atomic E-state index is 13.1. The van der Waals surface area contributed by atoms with Crippen molar-refractivity contribution in [3.05, 3.63) is 58.3 Å². The second-order valence-electron chi connectivity index (χ2n) is 3.55. The van der Waals surface area contributed by atoms with Gasteiger partial charge in [-0.25, -0.2) is 4.39 Å². The van der Waals surface area contributed by atoms with Crippen LogP contribution in [0.3, 0.4) is 0 Å². The lowest BCUT2D eigenvalue weighted by Gasteiger charge is -2.08. The maximum Gasteiger partial charge on any atom is 0.137 e. The maximum atomic E-state index is 13.1. The van der Waals surface area contributed by atoms with Gasteiger partial charge < -0.3 is 9.52 Å². The Balaban J connectivity index is 2.37. The molecule has 1 atom stereocenters. The SMILES string of the molecule is Cc1ccc(C(O)c2cc(F)cc(Cl)c2)o1. The summed E-state index contributed by atoms with van der Waals surface area (Å²) in [5, 5.41) is 10.2. The molecule has 1 N–H and O–H groups in total. The molecule has 0 spiro atoms. The molecule has 2 aromatic rings. The third kappa shape index (κ3) is 2.26. The standard InChI is InChI=1S/C12H10ClFO2/c1-7-2-3-11(16-7)12(15)8-4-9(13)6-10(14)5-8/h2-6,12,15H,1H3. The van der Waals surface area contributed by atoms with Crippen LogP contribution < -0.4 is 0 Å². The molecule has 2 rings (SSSR count). The van der Waals surface area contributed by atoms with Crippen LogP contribution in [0.1, 0.15) is 23.2 Å². The summed E-state index contributed by atoms with van der Waals surface area (Å²) in [6, 6.07) is 7.31. The minimum atomic E-state index is -0.998. The van der Waals surface area contributed by atoms with E-state index >= 15 is 0 Å². The summed E-state index contributed by atoms with van der Waals surface area (Å²) in [5.74, 6) is 0.584. The first kappa shape index (κ1) is 11.2. The van der Waals surface area contributed by atoms with E-state index < -0.39 is 11.9 Å². The number of aliphatic hydroxyl groups is 1. The van der Waals surface area contributed by atoms with Gasteiger partial charge in [0, 0.05) is 5.02 Å². The van der Waals surface area contributed by atoms with Crippen molar-refractivity contribution >= 4 is 11.6 Å². The first-order valence-corrected chi connectivity index (χ1v) is 5.14. The molecule has 4 heteroatoms. The first-order valence-electron chi connectivity index (χ1n) is 4.76. The lowest BCUT2D eigenvalue weighted by molar-refractivity contribution is 0.187. The number of furan rings is 1. The molecule has 1 heterocycles. The number of rotatable bonds is 2. The van der Waals surface area contributed by atoms with Crippen LogP contribution in [0.15, 0.2) is 34.7 Å². The summed E-state index contributed by atoms with van der Waals surface area (Å²) in [7, 11) is 0. The van der Waals surface area contributed by atoms with Crippen molar-refractivity contribution < 1.29 is 13.9 Å². The monoisotopic (exact) mass is 240 g/mol. The molecule has 0 saturated heterocycles. The van der Waals surface area contributed by atoms with Crippen molar-refractivity contribution in [3.8, 4) is 0 Å². The second kappa shape index (κ2) is 4.28. The van der Waals surface area contributed by atoms with Gasteiger partial charge in [-0.3, -0.25) is 0 Å². The molecule has 1 aromatic carbocycles. The lowest BCUT2D eigenvalue weighted by atomic mass is 10.1. The molecule has 0 saturated carbocycles. The van der Waals surface area contributed by atoms with Crippen molar-refractivity contribution in [2.75, 3.05) is 0 Å². The Morgan fingerprint density at radius 2 is 2.06 bits per heavy atom. The van der Waals surface area contributed by atoms with Crippen molar-refractivity contribution in [2.24, 2.45) is 0 Å². The lowest BCUT2D eigenvalue weighted by Crippen LogP contribution is -1.98. The van der Waals surface area contributed by atoms with Gasteiger partial charge in [0.25, 0.3) is 0 Å². The Hall–Kier alpha value is -1.32. The molecule has 0 bridgehead atoms. The van der Waals surface area contributed by atoms with E-state index in [1.165, 1.54) is 18.2 Å². The van der Waals surface area contributed by atoms with E-state index in [0.29, 0.717) is 17.1 Å². The Morgan fingerprint density at radius 3 is 2.62 bits per heavy atom. The fourth-order valence-corrected chi connectivity index (χ4v) is 1.73. The van der Waals surface area contributed by atoms with E-state index in [4.69, 9.17) is 16.0 Å². The van der Waals surface area contributed by atoms with Gasteiger partial charge >= 0.3 is 0 Å². The van der Waals surface area contributed by atoms with Crippen LogP contribution in [0, 0.1) is 12.7 Å². The fraction of sp³-hybridized carbons (Fsp3) is 0.167. The van der Waals surface area contributed by atoms with E-state index in [1.54, 1.807) is 19.1 Å². The smallest absolute Gasteiger partial charge is 0.137 e. The molecule has 0 aliphatic heterocycles. The first-order chi connectivity index (χ1) is 7.56. The topological polar surface area (TPSA) is 33.4 Å². The highest BCUT2D eigenvalue weighted by molar-refractivity contribution is 6.30. The Bertz CT molecular complexity index is 487. The zero-order chi connectivity index (χ0) is 11.7. The highest BCUT2D eigenvalue weighted by Gasteiger charge is 2.15. The van der Waals surface area contributed by atoms with Gasteiger partial charge in [-0.15, -0.1) is 0 Å². The van der Waals surface area contributed by atoms with Crippen LogP contribution in [-0.2, 0) is 0 Å². The quantitative estimate of drug-likeness (QED) is 0.872. The normalized spacial score (nSPS) is 12.8. The second-order valence-corrected chi connectivity index (χ2v) is 3.99. The van der Waals surface area contributed by atoms with Crippen LogP contribution in [0.2, 0.25) is 5.02 Å². The molecule has 0 aliphatic carbocycles. The minimum absolute atomic E-state index is 0.248. The third-order valence-electron chi connectivity index (χ3n) is 2.23. The molecule has 2 nitrogen and oxygen atoms in total. The summed E-state index contributed by atoms with van der Waals surface area (Å²) in [5.41, 5.74) is 0.374. The summed E-state index contributed by atoms with van der Waals surface area (Å²) in [4.78, 5) is 0. The average molecular weight is 241 g/mol. The number of halogens is 2. The van der Waals surface area contributed by atoms with E-state index in [1.807, 2.05) is 0 Å². The number of hydrogen-bond acceptors (Lipinski definition) is 2. The van der Waals surface area contributed by atoms with Gasteiger partial charge in [-0.05, 0) is 42.8 Å². The molecule has 84 valence electrons. The van der Waals surface area contributed by atoms with E-state index in [-0.39, 0.29) is 5.02 Å². The third-order valence-corrected chi connectivity index (χ3v) is 2.45. The van der Waals surface area contributed by atoms with Crippen molar-refractivity contribution in [1.29, 1.82) is 0 Å². The Kier molecular flexibility index (Phi) is 2.99. The number of hydrogen-bond donors (Lipinski definition) is 1. The molecular weight excluding hydrogens is 231 g/mol. The van der Waals surface area contributed by atoms with E-state index in [0.717, 1.165) is 0 Å². The van der Waals surface area contributed by atoms with Crippen LogP contribution in [-0.4, -0.2) is 5.11 Å². The minimum Gasteiger partial charge on any atom is -0.463 e. The van der Waals surface area contributed by atoms with Gasteiger partial charge in [0.05, 0.1) is 0 Å². The molecule has 1 aromatic heterocycles. The van der Waals surface area contributed by atoms with Crippen molar-refractivity contribution in [3.63, 3.8) is 0 Å². The fourth-order valence-electron chi connectivity index (χ4n) is 1.50. The summed E-state index contributed by atoms with van der Waals surface area (Å²) in [6.07, 6.45) is -0.998. The molecule has 1 unspecified atom stereocenters. The summed E-state index contributed by atoms with van der Waals surface area (Å²) < 4.78 is 18.3. The summed E-state index contributed by atoms with van der Waals surface area (Å²) >= 11 is 5.71. The number of benzene rings is 1. The van der Waals surface area contributed by atoms with Crippen LogP contribution in [0.5, 0.6) is 0 Å². The molecular formula is C12H10ClFO2. The van der Waals surface area contributed by atoms with Gasteiger partial charge in [-0.2, -0.15) is 0 Å². The van der Waals surface area contributed by atoms with Gasteiger partial charge in [0.2, 0.25) is 0 Å². The molecule has 0 aliphatic rings. The van der Waals surface area contributed by atoms with Gasteiger partial charge in [0.1, 0.15) is 23.4 Å². The Morgan fingerprint density at radius 1 is 1.31 bits per heavy atom. The van der Waals surface area contributed by atoms with E-state index in [2.05, 4.69) is 0 Å². The molecule has 0 radical (unpaired) electrons. The molecule has 16 heavy (non-hydrogen) atoms. The number of aryl methyl sites for hydroxylation is 1. The van der Waals surface area contributed by atoms with E-state index in [9.17, 15) is 9.50 Å². The predicted molar refractivity (Wildman–Crippen MR) is 58.9 cm³/mol. The number of aliphatic hydroxyl groups excluding tert-OH is 1. The zero-order valence-corrected chi connectivity index (χ0v) is 9.33. The van der Waals surface area contributed by atoms with Crippen LogP contribution in [0.25, 0.3) is 0 Å². The highest BCUT2D eigenvalue weighted by Crippen LogP contribution is 2.26. The van der Waals surface area contributed by atoms with Crippen LogP contribution in [0.4, 0.5) is 4.39 Å². The van der Waals surface area contributed by atoms with Gasteiger partial charge in [0.15, 0.2) is 0 Å². The predicted octanol–water partition coefficient (Wildman–Crippen LogP) is 3.46. The zero-order valence-electron chi connectivity index (χ0n) is 8.58. The largest absolute Gasteiger partial charge is 0.463 e. The summed E-state index contributed by atoms with van der Waals surface area (Å²) in [6.45, 7) is 1.77. The van der Waals surface area contributed by atoms with Crippen molar-refractivity contribution in [2.45, 2.75) is 13.0 Å². The van der Waals surface area contributed by atoms with Gasteiger partial charge in [-0.1, -0.05) is 11.6 Å². The molecule has 0 amide bonds. The van der Waals surface area contributed by atoms with Crippen LogP contribution >= 0.6 is 11.6 Å². The highest BCUT2D eigenvalue weighted by atomic mass is 35.5. The van der Waals surface area contributed by atoms with Crippen molar-refractivity contribution in [1.82, 2.24) is 0 Å². The molecule has 0 fully saturated rings. The average Bonchev–Trinajstić information content (AvgIpc) is 2.62.